The maximum absolute atomic E-state index is 12.2. The van der Waals surface area contributed by atoms with E-state index in [-0.39, 0.29) is 6.04 Å². The van der Waals surface area contributed by atoms with Crippen LogP contribution in [0.4, 0.5) is 0 Å². The van der Waals surface area contributed by atoms with E-state index in [1.54, 1.807) is 12.1 Å². The van der Waals surface area contributed by atoms with Gasteiger partial charge >= 0.3 is 0 Å². The molecule has 0 spiro atoms. The number of likely N-dealkylation sites (N-methyl/N-ethyl adjacent to an activating group) is 1. The fraction of sp³-hybridized carbons (Fsp3) is 0.571. The Morgan fingerprint density at radius 3 is 2.58 bits per heavy atom. The predicted octanol–water partition coefficient (Wildman–Crippen LogP) is 1.76. The van der Waals surface area contributed by atoms with Gasteiger partial charge in [0.15, 0.2) is 0 Å². The molecule has 0 bridgehead atoms. The van der Waals surface area contributed by atoms with Gasteiger partial charge in [-0.25, -0.2) is 13.1 Å². The Balaban J connectivity index is 2.00. The SMILES string of the molecule is Cc1ccccc1S(=O)(=O)NCC(C)N(C)C1CC1. The molecule has 0 aromatic heterocycles. The van der Waals surface area contributed by atoms with E-state index in [4.69, 9.17) is 0 Å². The normalized spacial score (nSPS) is 17.7. The van der Waals surface area contributed by atoms with Gasteiger partial charge in [0.2, 0.25) is 10.0 Å². The lowest BCUT2D eigenvalue weighted by Crippen LogP contribution is -2.41. The van der Waals surface area contributed by atoms with Crippen LogP contribution < -0.4 is 4.72 Å². The maximum Gasteiger partial charge on any atom is 0.240 e. The lowest BCUT2D eigenvalue weighted by atomic mass is 10.2. The van der Waals surface area contributed by atoms with Crippen molar-refractivity contribution >= 4 is 10.0 Å². The van der Waals surface area contributed by atoms with Gasteiger partial charge in [0.1, 0.15) is 0 Å². The topological polar surface area (TPSA) is 49.4 Å². The van der Waals surface area contributed by atoms with Crippen LogP contribution in [-0.2, 0) is 10.0 Å². The average molecular weight is 282 g/mol. The molecule has 1 atom stereocenters. The smallest absolute Gasteiger partial charge is 0.240 e. The largest absolute Gasteiger partial charge is 0.299 e. The monoisotopic (exact) mass is 282 g/mol. The Hall–Kier alpha value is -0.910. The number of sulfonamides is 1. The lowest BCUT2D eigenvalue weighted by Gasteiger charge is -2.24. The number of nitrogens with zero attached hydrogens (tertiary/aromatic N) is 1. The zero-order valence-electron chi connectivity index (χ0n) is 11.8. The summed E-state index contributed by atoms with van der Waals surface area (Å²) >= 11 is 0. The number of aryl methyl sites for hydroxylation is 1. The van der Waals surface area contributed by atoms with E-state index >= 15 is 0 Å². The first kappa shape index (κ1) is 14.5. The van der Waals surface area contributed by atoms with Crippen molar-refractivity contribution in [3.8, 4) is 0 Å². The van der Waals surface area contributed by atoms with Gasteiger partial charge in [-0.1, -0.05) is 18.2 Å². The van der Waals surface area contributed by atoms with Crippen molar-refractivity contribution in [2.45, 2.75) is 43.7 Å². The molecule has 0 amide bonds. The Labute approximate surface area is 115 Å². The van der Waals surface area contributed by atoms with Gasteiger partial charge in [0, 0.05) is 18.6 Å². The van der Waals surface area contributed by atoms with Crippen molar-refractivity contribution < 1.29 is 8.42 Å². The summed E-state index contributed by atoms with van der Waals surface area (Å²) in [4.78, 5) is 2.62. The van der Waals surface area contributed by atoms with E-state index in [0.29, 0.717) is 17.5 Å². The number of hydrogen-bond donors (Lipinski definition) is 1. The summed E-state index contributed by atoms with van der Waals surface area (Å²) in [6.07, 6.45) is 2.46. The number of rotatable bonds is 6. The molecule has 1 fully saturated rings. The molecule has 2 rings (SSSR count). The molecular formula is C14H22N2O2S. The summed E-state index contributed by atoms with van der Waals surface area (Å²) in [6.45, 7) is 4.32. The molecule has 1 unspecified atom stereocenters. The second-order valence-corrected chi connectivity index (χ2v) is 7.10. The van der Waals surface area contributed by atoms with Crippen LogP contribution in [0.5, 0.6) is 0 Å². The molecule has 1 aliphatic rings. The summed E-state index contributed by atoms with van der Waals surface area (Å²) < 4.78 is 27.2. The highest BCUT2D eigenvalue weighted by atomic mass is 32.2. The Kier molecular flexibility index (Phi) is 4.28. The molecular weight excluding hydrogens is 260 g/mol. The molecule has 1 saturated carbocycles. The third-order valence-corrected chi connectivity index (χ3v) is 5.35. The molecule has 1 aromatic carbocycles. The van der Waals surface area contributed by atoms with Crippen molar-refractivity contribution in [1.29, 1.82) is 0 Å². The van der Waals surface area contributed by atoms with Gasteiger partial charge in [0.05, 0.1) is 4.90 Å². The Morgan fingerprint density at radius 1 is 1.37 bits per heavy atom. The minimum absolute atomic E-state index is 0.214. The zero-order chi connectivity index (χ0) is 14.0. The molecule has 0 radical (unpaired) electrons. The average Bonchev–Trinajstić information content (AvgIpc) is 3.19. The van der Waals surface area contributed by atoms with Crippen LogP contribution in [-0.4, -0.2) is 39.0 Å². The number of nitrogens with one attached hydrogen (secondary N) is 1. The first-order valence-corrected chi connectivity index (χ1v) is 8.17. The van der Waals surface area contributed by atoms with Crippen molar-refractivity contribution in [3.63, 3.8) is 0 Å². The van der Waals surface area contributed by atoms with Gasteiger partial charge in [-0.3, -0.25) is 4.90 Å². The third kappa shape index (κ3) is 3.55. The van der Waals surface area contributed by atoms with Crippen molar-refractivity contribution in [3.05, 3.63) is 29.8 Å². The molecule has 0 heterocycles. The van der Waals surface area contributed by atoms with E-state index in [1.165, 1.54) is 12.8 Å². The molecule has 19 heavy (non-hydrogen) atoms. The molecule has 1 aliphatic carbocycles. The quantitative estimate of drug-likeness (QED) is 0.865. The van der Waals surface area contributed by atoms with E-state index in [9.17, 15) is 8.42 Å². The highest BCUT2D eigenvalue weighted by Gasteiger charge is 2.29. The highest BCUT2D eigenvalue weighted by Crippen LogP contribution is 2.26. The van der Waals surface area contributed by atoms with Gasteiger partial charge in [0.25, 0.3) is 0 Å². The van der Waals surface area contributed by atoms with Crippen LogP contribution in [0.15, 0.2) is 29.2 Å². The lowest BCUT2D eigenvalue weighted by molar-refractivity contribution is 0.248. The summed E-state index contributed by atoms with van der Waals surface area (Å²) in [5, 5.41) is 0. The summed E-state index contributed by atoms with van der Waals surface area (Å²) in [5.74, 6) is 0. The number of hydrogen-bond acceptors (Lipinski definition) is 3. The summed E-state index contributed by atoms with van der Waals surface area (Å²) in [7, 11) is -1.34. The molecule has 1 aromatic rings. The first-order chi connectivity index (χ1) is 8.92. The molecule has 1 N–H and O–H groups in total. The molecule has 4 nitrogen and oxygen atoms in total. The van der Waals surface area contributed by atoms with Gasteiger partial charge in [-0.05, 0) is 45.4 Å². The zero-order valence-corrected chi connectivity index (χ0v) is 12.6. The van der Waals surface area contributed by atoms with Crippen LogP contribution in [0.25, 0.3) is 0 Å². The van der Waals surface area contributed by atoms with E-state index in [0.717, 1.165) is 5.56 Å². The first-order valence-electron chi connectivity index (χ1n) is 6.69. The Morgan fingerprint density at radius 2 is 2.00 bits per heavy atom. The molecule has 0 saturated heterocycles. The molecule has 5 heteroatoms. The van der Waals surface area contributed by atoms with E-state index in [2.05, 4.69) is 23.6 Å². The fourth-order valence-electron chi connectivity index (χ4n) is 2.15. The number of benzene rings is 1. The van der Waals surface area contributed by atoms with Crippen molar-refractivity contribution in [2.75, 3.05) is 13.6 Å². The summed E-state index contributed by atoms with van der Waals surface area (Å²) in [5.41, 5.74) is 0.776. The highest BCUT2D eigenvalue weighted by molar-refractivity contribution is 7.89. The van der Waals surface area contributed by atoms with Crippen LogP contribution in [0.1, 0.15) is 25.3 Å². The third-order valence-electron chi connectivity index (χ3n) is 3.77. The maximum atomic E-state index is 12.2. The van der Waals surface area contributed by atoms with E-state index < -0.39 is 10.0 Å². The van der Waals surface area contributed by atoms with Gasteiger partial charge in [-0.15, -0.1) is 0 Å². The van der Waals surface area contributed by atoms with Crippen LogP contribution in [0.2, 0.25) is 0 Å². The van der Waals surface area contributed by atoms with Crippen LogP contribution >= 0.6 is 0 Å². The Bertz CT molecular complexity index is 538. The van der Waals surface area contributed by atoms with Crippen molar-refractivity contribution in [1.82, 2.24) is 9.62 Å². The fourth-order valence-corrected chi connectivity index (χ4v) is 3.52. The minimum atomic E-state index is -3.40. The molecule has 106 valence electrons. The van der Waals surface area contributed by atoms with Crippen LogP contribution in [0, 0.1) is 6.92 Å². The van der Waals surface area contributed by atoms with Gasteiger partial charge < -0.3 is 0 Å². The standard InChI is InChI=1S/C14H22N2O2S/c1-11-6-4-5-7-14(11)19(17,18)15-10-12(2)16(3)13-8-9-13/h4-7,12-13,15H,8-10H2,1-3H3. The van der Waals surface area contributed by atoms with Gasteiger partial charge in [-0.2, -0.15) is 0 Å². The second kappa shape index (κ2) is 5.61. The van der Waals surface area contributed by atoms with Crippen LogP contribution in [0.3, 0.4) is 0 Å². The predicted molar refractivity (Wildman–Crippen MR) is 76.6 cm³/mol. The van der Waals surface area contributed by atoms with Crippen molar-refractivity contribution in [2.24, 2.45) is 0 Å². The van der Waals surface area contributed by atoms with E-state index in [1.807, 2.05) is 19.1 Å². The summed E-state index contributed by atoms with van der Waals surface area (Å²) in [6, 6.07) is 7.91. The minimum Gasteiger partial charge on any atom is -0.299 e. The second-order valence-electron chi connectivity index (χ2n) is 5.36. The molecule has 0 aliphatic heterocycles.